The van der Waals surface area contributed by atoms with Crippen LogP contribution in [0.25, 0.3) is 0 Å². The van der Waals surface area contributed by atoms with Gasteiger partial charge in [-0.3, -0.25) is 0 Å². The lowest BCUT2D eigenvalue weighted by molar-refractivity contribution is 0.592. The molecule has 0 aromatic carbocycles. The predicted octanol–water partition coefficient (Wildman–Crippen LogP) is 1.53. The molecular formula is C12H21N3O2S. The fraction of sp³-hybridized carbons (Fsp3) is 0.750. The van der Waals surface area contributed by atoms with E-state index in [4.69, 9.17) is 0 Å². The number of aryl methyl sites for hydroxylation is 1. The molecule has 0 saturated carbocycles. The van der Waals surface area contributed by atoms with E-state index in [2.05, 4.69) is 21.8 Å². The molecule has 6 heteroatoms. The highest BCUT2D eigenvalue weighted by molar-refractivity contribution is 7.91. The highest BCUT2D eigenvalue weighted by Crippen LogP contribution is 2.19. The third-order valence-corrected chi connectivity index (χ3v) is 5.18. The van der Waals surface area contributed by atoms with Crippen molar-refractivity contribution in [1.29, 1.82) is 0 Å². The molecule has 5 nitrogen and oxygen atoms in total. The van der Waals surface area contributed by atoms with E-state index in [9.17, 15) is 8.42 Å². The summed E-state index contributed by atoms with van der Waals surface area (Å²) in [5, 5.41) is 3.27. The zero-order chi connectivity index (χ0) is 13.0. The van der Waals surface area contributed by atoms with E-state index in [1.165, 1.54) is 0 Å². The van der Waals surface area contributed by atoms with E-state index in [0.717, 1.165) is 31.8 Å². The van der Waals surface area contributed by atoms with Crippen LogP contribution >= 0.6 is 0 Å². The summed E-state index contributed by atoms with van der Waals surface area (Å²) in [4.78, 5) is 4.27. The van der Waals surface area contributed by atoms with Gasteiger partial charge in [-0.2, -0.15) is 0 Å². The van der Waals surface area contributed by atoms with Crippen molar-refractivity contribution in [2.24, 2.45) is 5.92 Å². The smallest absolute Gasteiger partial charge is 0.202 e. The normalized spacial score (nSPS) is 22.2. The molecule has 18 heavy (non-hydrogen) atoms. The van der Waals surface area contributed by atoms with Gasteiger partial charge in [-0.05, 0) is 18.8 Å². The molecule has 0 bridgehead atoms. The highest BCUT2D eigenvalue weighted by atomic mass is 32.2. The molecule has 1 aromatic heterocycles. The highest BCUT2D eigenvalue weighted by Gasteiger charge is 2.27. The Morgan fingerprint density at radius 3 is 3.06 bits per heavy atom. The van der Waals surface area contributed by atoms with Crippen LogP contribution in [-0.4, -0.2) is 36.0 Å². The maximum absolute atomic E-state index is 11.4. The van der Waals surface area contributed by atoms with E-state index < -0.39 is 9.84 Å². The second-order valence-electron chi connectivity index (χ2n) is 4.95. The first-order valence-electron chi connectivity index (χ1n) is 6.56. The number of nitrogens with one attached hydrogen (secondary N) is 1. The largest absolute Gasteiger partial charge is 0.355 e. The van der Waals surface area contributed by atoms with Crippen molar-refractivity contribution in [3.05, 3.63) is 12.4 Å². The number of imidazole rings is 1. The molecule has 2 heterocycles. The number of hydrogen-bond acceptors (Lipinski definition) is 4. The number of aromatic nitrogens is 2. The maximum atomic E-state index is 11.4. The minimum atomic E-state index is -2.78. The molecule has 1 unspecified atom stereocenters. The van der Waals surface area contributed by atoms with Crippen LogP contribution in [0.5, 0.6) is 0 Å². The molecule has 1 N–H and O–H groups in total. The Morgan fingerprint density at radius 2 is 2.39 bits per heavy atom. The van der Waals surface area contributed by atoms with Crippen molar-refractivity contribution in [1.82, 2.24) is 9.55 Å². The van der Waals surface area contributed by atoms with E-state index in [-0.39, 0.29) is 5.92 Å². The fourth-order valence-electron chi connectivity index (χ4n) is 2.25. The molecular weight excluding hydrogens is 250 g/mol. The summed E-state index contributed by atoms with van der Waals surface area (Å²) in [6.07, 6.45) is 6.79. The predicted molar refractivity (Wildman–Crippen MR) is 72.4 cm³/mol. The van der Waals surface area contributed by atoms with Gasteiger partial charge < -0.3 is 9.88 Å². The zero-order valence-corrected chi connectivity index (χ0v) is 11.6. The summed E-state index contributed by atoms with van der Waals surface area (Å²) in [5.74, 6) is 1.73. The Labute approximate surface area is 109 Å². The SMILES string of the molecule is CCCCn1ccnc1NCC1CCS(=O)(=O)C1. The third kappa shape index (κ3) is 3.48. The summed E-state index contributed by atoms with van der Waals surface area (Å²) in [5.41, 5.74) is 0. The van der Waals surface area contributed by atoms with Crippen LogP contribution in [0.15, 0.2) is 12.4 Å². The van der Waals surface area contributed by atoms with Crippen LogP contribution in [0.2, 0.25) is 0 Å². The van der Waals surface area contributed by atoms with Crippen molar-refractivity contribution in [3.63, 3.8) is 0 Å². The molecule has 0 amide bonds. The lowest BCUT2D eigenvalue weighted by Crippen LogP contribution is -2.18. The first-order valence-corrected chi connectivity index (χ1v) is 8.38. The van der Waals surface area contributed by atoms with Crippen LogP contribution in [0.3, 0.4) is 0 Å². The van der Waals surface area contributed by atoms with Gasteiger partial charge in [0.15, 0.2) is 9.84 Å². The van der Waals surface area contributed by atoms with Crippen molar-refractivity contribution >= 4 is 15.8 Å². The molecule has 2 rings (SSSR count). The first-order chi connectivity index (χ1) is 8.61. The van der Waals surface area contributed by atoms with Crippen LogP contribution in [0, 0.1) is 5.92 Å². The number of nitrogens with zero attached hydrogens (tertiary/aromatic N) is 2. The van der Waals surface area contributed by atoms with Crippen molar-refractivity contribution in [2.45, 2.75) is 32.7 Å². The first kappa shape index (κ1) is 13.4. The number of hydrogen-bond donors (Lipinski definition) is 1. The monoisotopic (exact) mass is 271 g/mol. The van der Waals surface area contributed by atoms with Crippen LogP contribution in [0.4, 0.5) is 5.95 Å². The molecule has 1 atom stereocenters. The molecule has 0 spiro atoms. The minimum Gasteiger partial charge on any atom is -0.355 e. The molecule has 0 radical (unpaired) electrons. The summed E-state index contributed by atoms with van der Waals surface area (Å²) in [6, 6.07) is 0. The second kappa shape index (κ2) is 5.73. The van der Waals surface area contributed by atoms with Crippen molar-refractivity contribution in [2.75, 3.05) is 23.4 Å². The average molecular weight is 271 g/mol. The molecule has 1 aliphatic rings. The molecule has 1 aromatic rings. The molecule has 102 valence electrons. The second-order valence-corrected chi connectivity index (χ2v) is 7.18. The Bertz CT molecular complexity index is 481. The lowest BCUT2D eigenvalue weighted by atomic mass is 10.1. The average Bonchev–Trinajstić information content (AvgIpc) is 2.90. The Kier molecular flexibility index (Phi) is 4.27. The Balaban J connectivity index is 1.85. The van der Waals surface area contributed by atoms with E-state index in [1.54, 1.807) is 6.20 Å². The van der Waals surface area contributed by atoms with Crippen LogP contribution < -0.4 is 5.32 Å². The molecule has 1 aliphatic heterocycles. The van der Waals surface area contributed by atoms with Gasteiger partial charge in [-0.1, -0.05) is 13.3 Å². The molecule has 1 fully saturated rings. The van der Waals surface area contributed by atoms with Crippen molar-refractivity contribution < 1.29 is 8.42 Å². The number of sulfone groups is 1. The van der Waals surface area contributed by atoms with Gasteiger partial charge in [-0.25, -0.2) is 13.4 Å². The van der Waals surface area contributed by atoms with Gasteiger partial charge in [0.25, 0.3) is 0 Å². The molecule has 0 aliphatic carbocycles. The standard InChI is InChI=1S/C12H21N3O2S/c1-2-3-6-15-7-5-13-12(15)14-9-11-4-8-18(16,17)10-11/h5,7,11H,2-4,6,8-10H2,1H3,(H,13,14). The Morgan fingerprint density at radius 1 is 1.56 bits per heavy atom. The van der Waals surface area contributed by atoms with E-state index in [0.29, 0.717) is 18.1 Å². The van der Waals surface area contributed by atoms with Gasteiger partial charge >= 0.3 is 0 Å². The van der Waals surface area contributed by atoms with Crippen LogP contribution in [-0.2, 0) is 16.4 Å². The minimum absolute atomic E-state index is 0.228. The maximum Gasteiger partial charge on any atom is 0.202 e. The van der Waals surface area contributed by atoms with E-state index in [1.807, 2.05) is 6.20 Å². The summed E-state index contributed by atoms with van der Waals surface area (Å²) >= 11 is 0. The third-order valence-electron chi connectivity index (χ3n) is 3.34. The molecule has 1 saturated heterocycles. The van der Waals surface area contributed by atoms with Crippen LogP contribution in [0.1, 0.15) is 26.2 Å². The quantitative estimate of drug-likeness (QED) is 0.852. The number of anilines is 1. The summed E-state index contributed by atoms with van der Waals surface area (Å²) in [7, 11) is -2.78. The van der Waals surface area contributed by atoms with Crippen molar-refractivity contribution in [3.8, 4) is 0 Å². The summed E-state index contributed by atoms with van der Waals surface area (Å²) in [6.45, 7) is 3.82. The van der Waals surface area contributed by atoms with Gasteiger partial charge in [0, 0.05) is 25.5 Å². The number of rotatable bonds is 6. The lowest BCUT2D eigenvalue weighted by Gasteiger charge is -2.12. The fourth-order valence-corrected chi connectivity index (χ4v) is 4.12. The van der Waals surface area contributed by atoms with Gasteiger partial charge in [0.05, 0.1) is 11.5 Å². The van der Waals surface area contributed by atoms with Gasteiger partial charge in [-0.15, -0.1) is 0 Å². The van der Waals surface area contributed by atoms with Gasteiger partial charge in [0.1, 0.15) is 0 Å². The Hall–Kier alpha value is -1.04. The van der Waals surface area contributed by atoms with E-state index >= 15 is 0 Å². The number of unbranched alkanes of at least 4 members (excludes halogenated alkanes) is 1. The topological polar surface area (TPSA) is 64.0 Å². The van der Waals surface area contributed by atoms with Gasteiger partial charge in [0.2, 0.25) is 5.95 Å². The summed E-state index contributed by atoms with van der Waals surface area (Å²) < 4.78 is 24.8. The zero-order valence-electron chi connectivity index (χ0n) is 10.8.